The van der Waals surface area contributed by atoms with Gasteiger partial charge in [0.1, 0.15) is 5.01 Å². The quantitative estimate of drug-likeness (QED) is 0.796. The first-order valence-electron chi connectivity index (χ1n) is 6.75. The second-order valence-corrected chi connectivity index (χ2v) is 6.12. The van der Waals surface area contributed by atoms with Crippen LogP contribution in [0.4, 0.5) is 5.69 Å². The molecule has 0 bridgehead atoms. The van der Waals surface area contributed by atoms with Gasteiger partial charge in [0.05, 0.1) is 10.2 Å². The third-order valence-corrected chi connectivity index (χ3v) is 4.16. The van der Waals surface area contributed by atoms with Crippen LogP contribution in [-0.2, 0) is 4.79 Å². The molecule has 2 aromatic heterocycles. The summed E-state index contributed by atoms with van der Waals surface area (Å²) in [5, 5.41) is 3.85. The number of fused-ring (bicyclic) bond motifs is 1. The van der Waals surface area contributed by atoms with E-state index in [2.05, 4.69) is 15.3 Å². The zero-order chi connectivity index (χ0) is 14.8. The molecule has 0 radical (unpaired) electrons. The number of anilines is 1. The lowest BCUT2D eigenvalue weighted by molar-refractivity contribution is -0.118. The Bertz CT molecular complexity index is 781. The Balaban J connectivity index is 1.94. The highest BCUT2D eigenvalue weighted by molar-refractivity contribution is 7.21. The molecular formula is C16H15N3OS. The number of nitrogens with one attached hydrogen (secondary N) is 1. The van der Waals surface area contributed by atoms with E-state index in [0.29, 0.717) is 0 Å². The molecule has 106 valence electrons. The Morgan fingerprint density at radius 3 is 2.86 bits per heavy atom. The predicted molar refractivity (Wildman–Crippen MR) is 86.3 cm³/mol. The largest absolute Gasteiger partial charge is 0.326 e. The fourth-order valence-corrected chi connectivity index (χ4v) is 2.90. The van der Waals surface area contributed by atoms with Crippen LogP contribution in [0, 0.1) is 5.92 Å². The minimum Gasteiger partial charge on any atom is -0.326 e. The molecule has 0 fully saturated rings. The van der Waals surface area contributed by atoms with Gasteiger partial charge in [0.15, 0.2) is 0 Å². The summed E-state index contributed by atoms with van der Waals surface area (Å²) in [7, 11) is 0. The van der Waals surface area contributed by atoms with Gasteiger partial charge < -0.3 is 5.32 Å². The van der Waals surface area contributed by atoms with Gasteiger partial charge >= 0.3 is 0 Å². The van der Waals surface area contributed by atoms with Gasteiger partial charge in [-0.3, -0.25) is 9.78 Å². The second kappa shape index (κ2) is 5.61. The summed E-state index contributed by atoms with van der Waals surface area (Å²) in [5.74, 6) is -0.0144. The SMILES string of the molecule is CC(C)C(=O)Nc1ccc2nc(-c3cccnc3)sc2c1. The number of aromatic nitrogens is 2. The number of carbonyl (C=O) groups excluding carboxylic acids is 1. The maximum atomic E-state index is 11.7. The van der Waals surface area contributed by atoms with Crippen molar-refractivity contribution in [3.63, 3.8) is 0 Å². The summed E-state index contributed by atoms with van der Waals surface area (Å²) in [4.78, 5) is 20.5. The van der Waals surface area contributed by atoms with E-state index in [1.165, 1.54) is 0 Å². The van der Waals surface area contributed by atoms with Crippen LogP contribution in [-0.4, -0.2) is 15.9 Å². The van der Waals surface area contributed by atoms with E-state index in [4.69, 9.17) is 0 Å². The van der Waals surface area contributed by atoms with Crippen molar-refractivity contribution in [2.75, 3.05) is 5.32 Å². The summed E-state index contributed by atoms with van der Waals surface area (Å²) in [6, 6.07) is 9.67. The molecule has 1 amide bonds. The maximum absolute atomic E-state index is 11.7. The standard InChI is InChI=1S/C16H15N3OS/c1-10(2)15(20)18-12-5-6-13-14(8-12)21-16(19-13)11-4-3-7-17-9-11/h3-10H,1-2H3,(H,18,20). The molecule has 1 aromatic carbocycles. The van der Waals surface area contributed by atoms with Gasteiger partial charge in [-0.15, -0.1) is 11.3 Å². The molecule has 5 heteroatoms. The number of rotatable bonds is 3. The molecular weight excluding hydrogens is 282 g/mol. The molecule has 0 spiro atoms. The number of pyridine rings is 1. The van der Waals surface area contributed by atoms with Gasteiger partial charge in [-0.2, -0.15) is 0 Å². The summed E-state index contributed by atoms with van der Waals surface area (Å²) in [6.07, 6.45) is 3.55. The molecule has 0 aliphatic heterocycles. The zero-order valence-corrected chi connectivity index (χ0v) is 12.6. The average Bonchev–Trinajstić information content (AvgIpc) is 2.91. The van der Waals surface area contributed by atoms with Crippen molar-refractivity contribution in [1.29, 1.82) is 0 Å². The van der Waals surface area contributed by atoms with E-state index in [0.717, 1.165) is 26.5 Å². The van der Waals surface area contributed by atoms with Crippen LogP contribution < -0.4 is 5.32 Å². The average molecular weight is 297 g/mol. The van der Waals surface area contributed by atoms with Crippen LogP contribution in [0.1, 0.15) is 13.8 Å². The van der Waals surface area contributed by atoms with Gasteiger partial charge in [0, 0.05) is 29.6 Å². The van der Waals surface area contributed by atoms with Crippen molar-refractivity contribution in [3.05, 3.63) is 42.7 Å². The van der Waals surface area contributed by atoms with Crippen LogP contribution >= 0.6 is 11.3 Å². The lowest BCUT2D eigenvalue weighted by Crippen LogP contribution is -2.17. The Morgan fingerprint density at radius 1 is 1.29 bits per heavy atom. The van der Waals surface area contributed by atoms with Crippen LogP contribution in [0.15, 0.2) is 42.7 Å². The summed E-state index contributed by atoms with van der Waals surface area (Å²) < 4.78 is 1.05. The van der Waals surface area contributed by atoms with Gasteiger partial charge in [0.25, 0.3) is 0 Å². The van der Waals surface area contributed by atoms with Crippen molar-refractivity contribution in [1.82, 2.24) is 9.97 Å². The molecule has 0 unspecified atom stereocenters. The Hall–Kier alpha value is -2.27. The van der Waals surface area contributed by atoms with E-state index in [9.17, 15) is 4.79 Å². The Morgan fingerprint density at radius 2 is 2.14 bits per heavy atom. The summed E-state index contributed by atoms with van der Waals surface area (Å²) >= 11 is 1.60. The highest BCUT2D eigenvalue weighted by Crippen LogP contribution is 2.31. The number of hydrogen-bond donors (Lipinski definition) is 1. The molecule has 4 nitrogen and oxygen atoms in total. The smallest absolute Gasteiger partial charge is 0.226 e. The summed E-state index contributed by atoms with van der Waals surface area (Å²) in [5.41, 5.74) is 2.75. The van der Waals surface area contributed by atoms with Crippen LogP contribution in [0.25, 0.3) is 20.8 Å². The maximum Gasteiger partial charge on any atom is 0.226 e. The van der Waals surface area contributed by atoms with Gasteiger partial charge in [-0.1, -0.05) is 13.8 Å². The molecule has 0 aliphatic rings. The van der Waals surface area contributed by atoms with Gasteiger partial charge in [-0.25, -0.2) is 4.98 Å². The number of amides is 1. The van der Waals surface area contributed by atoms with Crippen molar-refractivity contribution in [3.8, 4) is 10.6 Å². The number of hydrogen-bond acceptors (Lipinski definition) is 4. The summed E-state index contributed by atoms with van der Waals surface area (Å²) in [6.45, 7) is 3.75. The highest BCUT2D eigenvalue weighted by atomic mass is 32.1. The molecule has 0 saturated carbocycles. The fraction of sp³-hybridized carbons (Fsp3) is 0.188. The first-order valence-corrected chi connectivity index (χ1v) is 7.57. The van der Waals surface area contributed by atoms with Crippen LogP contribution in [0.3, 0.4) is 0 Å². The van der Waals surface area contributed by atoms with Crippen molar-refractivity contribution >= 4 is 33.1 Å². The van der Waals surface area contributed by atoms with E-state index < -0.39 is 0 Å². The minimum absolute atomic E-state index is 0.0198. The van der Waals surface area contributed by atoms with Crippen molar-refractivity contribution < 1.29 is 4.79 Å². The predicted octanol–water partition coefficient (Wildman–Crippen LogP) is 3.95. The molecule has 0 saturated heterocycles. The third-order valence-electron chi connectivity index (χ3n) is 3.09. The Kier molecular flexibility index (Phi) is 3.66. The van der Waals surface area contributed by atoms with E-state index in [1.807, 2.05) is 44.2 Å². The normalized spacial score (nSPS) is 11.0. The zero-order valence-electron chi connectivity index (χ0n) is 11.8. The molecule has 3 rings (SSSR count). The van der Waals surface area contributed by atoms with Crippen molar-refractivity contribution in [2.24, 2.45) is 5.92 Å². The highest BCUT2D eigenvalue weighted by Gasteiger charge is 2.10. The number of nitrogens with zero attached hydrogens (tertiary/aromatic N) is 2. The second-order valence-electron chi connectivity index (χ2n) is 5.09. The Labute approximate surface area is 126 Å². The molecule has 2 heterocycles. The topological polar surface area (TPSA) is 54.9 Å². The lowest BCUT2D eigenvalue weighted by atomic mass is 10.2. The van der Waals surface area contributed by atoms with Crippen LogP contribution in [0.2, 0.25) is 0 Å². The van der Waals surface area contributed by atoms with Crippen molar-refractivity contribution in [2.45, 2.75) is 13.8 Å². The van der Waals surface area contributed by atoms with Gasteiger partial charge in [-0.05, 0) is 30.3 Å². The minimum atomic E-state index is -0.0342. The van der Waals surface area contributed by atoms with Gasteiger partial charge in [0.2, 0.25) is 5.91 Å². The molecule has 0 aliphatic carbocycles. The number of benzene rings is 1. The third kappa shape index (κ3) is 2.92. The van der Waals surface area contributed by atoms with E-state index in [-0.39, 0.29) is 11.8 Å². The lowest BCUT2D eigenvalue weighted by Gasteiger charge is -2.06. The number of thiazole rings is 1. The monoisotopic (exact) mass is 297 g/mol. The molecule has 0 atom stereocenters. The van der Waals surface area contributed by atoms with Crippen LogP contribution in [0.5, 0.6) is 0 Å². The molecule has 3 aromatic rings. The van der Waals surface area contributed by atoms with E-state index in [1.54, 1.807) is 23.7 Å². The number of carbonyl (C=O) groups is 1. The fourth-order valence-electron chi connectivity index (χ4n) is 1.90. The first-order chi connectivity index (χ1) is 10.1. The molecule has 1 N–H and O–H groups in total. The molecule has 21 heavy (non-hydrogen) atoms. The van der Waals surface area contributed by atoms with E-state index >= 15 is 0 Å². The first kappa shape index (κ1) is 13.7.